The third-order valence-electron chi connectivity index (χ3n) is 23.6. The normalized spacial score (nSPS) is 16.6. The molecule has 0 aliphatic carbocycles. The fraction of sp³-hybridized carbons (Fsp3) is 0.778. The van der Waals surface area contributed by atoms with Crippen molar-refractivity contribution in [1.82, 2.24) is 0 Å². The Kier molecular flexibility index (Phi) is 29.6. The van der Waals surface area contributed by atoms with E-state index in [2.05, 4.69) is 419 Å². The molecule has 0 atom stereocenters. The van der Waals surface area contributed by atoms with Gasteiger partial charge in [0.1, 0.15) is 0 Å². The molecular weight excluding hydrogens is 1630 g/mol. The van der Waals surface area contributed by atoms with E-state index in [-0.39, 0.29) is 0 Å². The first-order chi connectivity index (χ1) is 44.5. The second-order valence-corrected chi connectivity index (χ2v) is 172. The standard InChI is InChI=1S/C81H177BGeS2Si18/c1-86(2,3)73(87(4,5)6)61-55-64(76(92(19,20)21)93(22,23)24)70(65(56-61)77(94(25,26)27)95(28,29)30)82-84-83(85-82,71-66(78(96(31,32)33)97(34,35)36)57-62(74(88(7,8)9)89(10,11)12)58-67(71)79(98(37,38)39)99(40,41)42)72-68(80(100(43,44)45)101(46,47)48)59-63(75(90(13,14)15)91(16,17)18)60-69(72)81(102(49,50)51)103(52,53)54/h55-60,73-81H,1-54H3. The maximum atomic E-state index is 3.22. The molecule has 1 aliphatic heterocycles. The van der Waals surface area contributed by atoms with Crippen molar-refractivity contribution in [2.24, 2.45) is 0 Å². The van der Waals surface area contributed by atoms with Gasteiger partial charge in [0.15, 0.2) is 0 Å². The van der Waals surface area contributed by atoms with Gasteiger partial charge in [-0.15, -0.1) is 0 Å². The molecule has 592 valence electrons. The van der Waals surface area contributed by atoms with Crippen molar-refractivity contribution in [3.05, 3.63) is 86.5 Å². The second kappa shape index (κ2) is 31.1. The molecule has 0 nitrogen and oxygen atoms in total. The molecule has 0 aromatic heterocycles. The first-order valence-electron chi connectivity index (χ1n) is 41.4. The van der Waals surface area contributed by atoms with Crippen LogP contribution in [0.15, 0.2) is 36.4 Å². The number of benzene rings is 3. The van der Waals surface area contributed by atoms with Gasteiger partial charge in [-0.05, 0) is 0 Å². The molecule has 1 aliphatic rings. The molecule has 3 aromatic rings. The molecule has 0 N–H and O–H groups in total. The number of rotatable bonds is 30. The Bertz CT molecular complexity index is 3020. The van der Waals surface area contributed by atoms with Crippen molar-refractivity contribution < 1.29 is 0 Å². The predicted octanol–water partition coefficient (Wildman–Crippen LogP) is 28.7. The van der Waals surface area contributed by atoms with Gasteiger partial charge in [0, 0.05) is 0 Å². The van der Waals surface area contributed by atoms with Gasteiger partial charge in [-0.1, -0.05) is 0 Å². The Labute approximate surface area is 674 Å². The summed E-state index contributed by atoms with van der Waals surface area (Å²) in [5, 5.41) is 6.25. The maximum absolute atomic E-state index is 4.17. The van der Waals surface area contributed by atoms with Crippen molar-refractivity contribution in [3.63, 3.8) is 0 Å². The summed E-state index contributed by atoms with van der Waals surface area (Å²) in [6, 6.07) is 19.1. The van der Waals surface area contributed by atoms with E-state index in [9.17, 15) is 0 Å². The molecule has 0 radical (unpaired) electrons. The van der Waals surface area contributed by atoms with Crippen LogP contribution in [0, 0.1) is 0 Å². The fourth-order valence-corrected chi connectivity index (χ4v) is 170. The minimum absolute atomic E-state index is 0.389. The molecule has 1 heterocycles. The second-order valence-electron chi connectivity index (χ2n) is 53.9. The van der Waals surface area contributed by atoms with Crippen molar-refractivity contribution in [2.75, 3.05) is 0 Å². The van der Waals surface area contributed by atoms with E-state index in [4.69, 9.17) is 0 Å². The molecule has 1 fully saturated rings. The molecule has 0 spiro atoms. The molecule has 103 heavy (non-hydrogen) atoms. The van der Waals surface area contributed by atoms with Gasteiger partial charge < -0.3 is 0 Å². The average Bonchev–Trinajstić information content (AvgIpc) is 0.677. The van der Waals surface area contributed by atoms with E-state index in [1.54, 1.807) is 5.56 Å². The Balaban J connectivity index is 3.09. The molecule has 4 rings (SSSR count). The van der Waals surface area contributed by atoms with Crippen LogP contribution in [0.25, 0.3) is 0 Å². The zero-order valence-corrected chi connectivity index (χ0v) is 101. The Morgan fingerprint density at radius 2 is 0.301 bits per heavy atom. The molecule has 3 aromatic carbocycles. The van der Waals surface area contributed by atoms with E-state index in [1.807, 2.05) is 50.0 Å². The van der Waals surface area contributed by atoms with Crippen LogP contribution >= 0.6 is 19.9 Å². The van der Waals surface area contributed by atoms with Crippen LogP contribution in [0.4, 0.5) is 0 Å². The first kappa shape index (κ1) is 98.2. The number of hydrogen-bond donors (Lipinski definition) is 0. The monoisotopic (exact) mass is 1800 g/mol. The van der Waals surface area contributed by atoms with E-state index in [0.717, 1.165) is 0 Å². The molecule has 0 amide bonds. The zero-order valence-electron chi connectivity index (χ0n) is 79.6. The van der Waals surface area contributed by atoms with E-state index in [0.29, 0.717) is 51.7 Å². The first-order valence-corrected chi connectivity index (χ1v) is 115. The van der Waals surface area contributed by atoms with Gasteiger partial charge in [-0.2, -0.15) is 0 Å². The van der Waals surface area contributed by atoms with Gasteiger partial charge >= 0.3 is 682 Å². The fourth-order valence-electron chi connectivity index (χ4n) is 26.1. The van der Waals surface area contributed by atoms with Gasteiger partial charge in [0.2, 0.25) is 0 Å². The van der Waals surface area contributed by atoms with E-state index in [1.165, 1.54) is 0 Å². The van der Waals surface area contributed by atoms with Crippen LogP contribution in [0.1, 0.15) is 96.6 Å². The van der Waals surface area contributed by atoms with Gasteiger partial charge in [0.25, 0.3) is 0 Å². The summed E-state index contributed by atoms with van der Waals surface area (Å²) in [6.07, 6.45) is 0. The molecule has 22 heteroatoms. The summed E-state index contributed by atoms with van der Waals surface area (Å²) >= 11 is 0. The third-order valence-corrected chi connectivity index (χ3v) is 131. The van der Waals surface area contributed by atoms with Crippen LogP contribution in [-0.2, 0) is 0 Å². The van der Waals surface area contributed by atoms with Crippen molar-refractivity contribution >= 4 is 196 Å². The van der Waals surface area contributed by atoms with Crippen molar-refractivity contribution in [1.29, 1.82) is 0 Å². The molecule has 0 bridgehead atoms. The van der Waals surface area contributed by atoms with Gasteiger partial charge in [-0.3, -0.25) is 0 Å². The zero-order chi connectivity index (χ0) is 81.9. The molecule has 1 saturated heterocycles. The molecular formula is C81H177BGeS2Si18. The minimum atomic E-state index is -4.17. The summed E-state index contributed by atoms with van der Waals surface area (Å²) in [7, 11) is -32.7. The predicted molar refractivity (Wildman–Crippen MR) is 550 cm³/mol. The number of hydrogen-bond acceptors (Lipinski definition) is 2. The van der Waals surface area contributed by atoms with Gasteiger partial charge in [0.05, 0.1) is 0 Å². The topological polar surface area (TPSA) is 0 Å². The average molecular weight is 1800 g/mol. The van der Waals surface area contributed by atoms with E-state index >= 15 is 0 Å². The van der Waals surface area contributed by atoms with Crippen LogP contribution in [0.3, 0.4) is 0 Å². The Morgan fingerprint density at radius 3 is 0.427 bits per heavy atom. The van der Waals surface area contributed by atoms with Crippen LogP contribution < -0.4 is 14.3 Å². The third kappa shape index (κ3) is 22.7. The molecule has 0 saturated carbocycles. The summed E-state index contributed by atoms with van der Waals surface area (Å²) in [6.45, 7) is 154. The summed E-state index contributed by atoms with van der Waals surface area (Å²) in [5.41, 5.74) is 19.2. The summed E-state index contributed by atoms with van der Waals surface area (Å²) in [4.78, 5) is 0. The van der Waals surface area contributed by atoms with Crippen molar-refractivity contribution in [2.45, 2.75) is 400 Å². The van der Waals surface area contributed by atoms with Crippen LogP contribution in [0.2, 0.25) is 354 Å². The van der Waals surface area contributed by atoms with E-state index < -0.39 is 156 Å². The molecule has 0 unspecified atom stereocenters. The summed E-state index contributed by atoms with van der Waals surface area (Å²) < 4.78 is 4.22. The SMILES string of the molecule is C[Si](C)(C)C(c1cc(C([Si](C)(C)C)[Si](C)(C)C)c(B2[S][Ge]([c]3c(C([Si](C)(C)C)[Si](C)(C)C)cc(C([Si](C)(C)C)[Si](C)(C)C)cc3C([Si](C)(C)C)[Si](C)(C)C)([c]3c(C([Si](C)(C)C)[Si](C)(C)C)cc(C([Si](C)(C)C)[Si](C)(C)C)cc3C([Si](C)(C)C)[Si](C)(C)C)[S]2)c(C([Si](C)(C)C)[Si](C)(C)C)c1)[Si](C)(C)C. The van der Waals surface area contributed by atoms with Crippen molar-refractivity contribution in [3.8, 4) is 0 Å². The summed E-state index contributed by atoms with van der Waals surface area (Å²) in [5.74, 6) is 0. The Morgan fingerprint density at radius 1 is 0.184 bits per heavy atom. The quantitative estimate of drug-likeness (QED) is 0.0610. The van der Waals surface area contributed by atoms with Crippen LogP contribution in [0.5, 0.6) is 0 Å². The van der Waals surface area contributed by atoms with Gasteiger partial charge in [-0.25, -0.2) is 0 Å². The Hall–Kier alpha value is 2.87. The van der Waals surface area contributed by atoms with Crippen LogP contribution in [-0.4, -0.2) is 162 Å².